The number of ether oxygens (including phenoxy) is 1. The number of aromatic nitrogens is 2. The molecule has 0 spiro atoms. The molecular weight excluding hydrogens is 453 g/mol. The van der Waals surface area contributed by atoms with Gasteiger partial charge in [0.1, 0.15) is 5.82 Å². The minimum Gasteiger partial charge on any atom is -0.379 e. The molecule has 2 N–H and O–H groups in total. The number of rotatable bonds is 9. The Balaban J connectivity index is 0.00000364. The highest BCUT2D eigenvalue weighted by Crippen LogP contribution is 2.16. The van der Waals surface area contributed by atoms with Crippen LogP contribution in [0.5, 0.6) is 0 Å². The summed E-state index contributed by atoms with van der Waals surface area (Å²) in [6, 6.07) is 10.2. The quantitative estimate of drug-likeness (QED) is 0.246. The fourth-order valence-electron chi connectivity index (χ4n) is 2.51. The summed E-state index contributed by atoms with van der Waals surface area (Å²) in [5.41, 5.74) is 2.16. The fourth-order valence-corrected chi connectivity index (χ4v) is 2.51. The van der Waals surface area contributed by atoms with Crippen molar-refractivity contribution >= 4 is 29.9 Å². The van der Waals surface area contributed by atoms with Crippen LogP contribution < -0.4 is 5.32 Å². The van der Waals surface area contributed by atoms with Crippen molar-refractivity contribution in [1.82, 2.24) is 20.2 Å². The minimum absolute atomic E-state index is 0. The number of nitrogens with one attached hydrogen (secondary N) is 2. The lowest BCUT2D eigenvalue weighted by Gasteiger charge is -2.21. The molecule has 0 bridgehead atoms. The molecule has 0 saturated heterocycles. The molecule has 1 heterocycles. The van der Waals surface area contributed by atoms with Crippen LogP contribution in [-0.4, -0.2) is 54.2 Å². The molecule has 0 saturated carbocycles. The summed E-state index contributed by atoms with van der Waals surface area (Å²) in [4.78, 5) is 14.6. The molecular formula is C20H32IN5O. The second-order valence-electron chi connectivity index (χ2n) is 6.67. The van der Waals surface area contributed by atoms with Crippen molar-refractivity contribution in [3.63, 3.8) is 0 Å². The van der Waals surface area contributed by atoms with Crippen molar-refractivity contribution in [1.29, 1.82) is 0 Å². The van der Waals surface area contributed by atoms with Crippen molar-refractivity contribution in [2.24, 2.45) is 10.9 Å². The van der Waals surface area contributed by atoms with Crippen molar-refractivity contribution in [2.45, 2.75) is 27.3 Å². The Morgan fingerprint density at radius 3 is 2.70 bits per heavy atom. The van der Waals surface area contributed by atoms with Crippen molar-refractivity contribution in [3.8, 4) is 11.3 Å². The van der Waals surface area contributed by atoms with Gasteiger partial charge in [0.05, 0.1) is 31.6 Å². The molecule has 150 valence electrons. The van der Waals surface area contributed by atoms with E-state index in [1.807, 2.05) is 31.4 Å². The van der Waals surface area contributed by atoms with Crippen LogP contribution in [0.1, 0.15) is 26.6 Å². The smallest absolute Gasteiger partial charge is 0.194 e. The van der Waals surface area contributed by atoms with Crippen LogP contribution in [0.15, 0.2) is 41.5 Å². The number of halogens is 1. The van der Waals surface area contributed by atoms with Gasteiger partial charge in [0.25, 0.3) is 0 Å². The number of aromatic amines is 1. The van der Waals surface area contributed by atoms with Gasteiger partial charge in [-0.15, -0.1) is 24.0 Å². The van der Waals surface area contributed by atoms with E-state index >= 15 is 0 Å². The van der Waals surface area contributed by atoms with E-state index in [4.69, 9.17) is 4.74 Å². The van der Waals surface area contributed by atoms with Crippen LogP contribution in [0.25, 0.3) is 11.3 Å². The van der Waals surface area contributed by atoms with E-state index in [2.05, 4.69) is 58.1 Å². The average Bonchev–Trinajstić information content (AvgIpc) is 3.09. The monoisotopic (exact) mass is 485 g/mol. The van der Waals surface area contributed by atoms with Gasteiger partial charge in [0.2, 0.25) is 0 Å². The predicted octanol–water partition coefficient (Wildman–Crippen LogP) is 3.76. The van der Waals surface area contributed by atoms with Gasteiger partial charge >= 0.3 is 0 Å². The lowest BCUT2D eigenvalue weighted by molar-refractivity contribution is 0.116. The topological polar surface area (TPSA) is 65.5 Å². The Kier molecular flexibility index (Phi) is 11.0. The van der Waals surface area contributed by atoms with E-state index in [-0.39, 0.29) is 24.0 Å². The molecule has 7 heteroatoms. The van der Waals surface area contributed by atoms with Gasteiger partial charge in [-0.2, -0.15) is 0 Å². The Morgan fingerprint density at radius 1 is 1.30 bits per heavy atom. The van der Waals surface area contributed by atoms with E-state index in [1.54, 1.807) is 0 Å². The lowest BCUT2D eigenvalue weighted by atomic mass is 10.2. The first-order valence-electron chi connectivity index (χ1n) is 9.26. The Morgan fingerprint density at radius 2 is 2.04 bits per heavy atom. The van der Waals surface area contributed by atoms with Crippen LogP contribution in [0, 0.1) is 5.92 Å². The zero-order valence-corrected chi connectivity index (χ0v) is 19.1. The number of imidazole rings is 1. The lowest BCUT2D eigenvalue weighted by Crippen LogP contribution is -2.39. The molecule has 2 aromatic rings. The molecule has 0 fully saturated rings. The van der Waals surface area contributed by atoms with Crippen molar-refractivity contribution < 1.29 is 4.74 Å². The SMILES string of the molecule is CCNC(=NCCOCC(C)C)N(C)Cc1ncc(-c2ccccc2)[nH]1.I. The van der Waals surface area contributed by atoms with Gasteiger partial charge in [-0.05, 0) is 18.4 Å². The molecule has 1 aromatic heterocycles. The van der Waals surface area contributed by atoms with Gasteiger partial charge in [-0.3, -0.25) is 4.99 Å². The second-order valence-corrected chi connectivity index (χ2v) is 6.67. The molecule has 0 aliphatic rings. The highest BCUT2D eigenvalue weighted by Gasteiger charge is 2.09. The second kappa shape index (κ2) is 12.7. The van der Waals surface area contributed by atoms with Crippen LogP contribution in [0.4, 0.5) is 0 Å². The molecule has 0 aliphatic heterocycles. The molecule has 0 aliphatic carbocycles. The molecule has 0 atom stereocenters. The van der Waals surface area contributed by atoms with Gasteiger partial charge in [0, 0.05) is 20.2 Å². The highest BCUT2D eigenvalue weighted by atomic mass is 127. The molecule has 1 aromatic carbocycles. The summed E-state index contributed by atoms with van der Waals surface area (Å²) in [6.07, 6.45) is 1.88. The third-order valence-electron chi connectivity index (χ3n) is 3.75. The van der Waals surface area contributed by atoms with Gasteiger partial charge in [0.15, 0.2) is 5.96 Å². The maximum Gasteiger partial charge on any atom is 0.194 e. The van der Waals surface area contributed by atoms with Gasteiger partial charge in [-0.25, -0.2) is 4.98 Å². The number of benzene rings is 1. The van der Waals surface area contributed by atoms with Crippen LogP contribution in [-0.2, 0) is 11.3 Å². The Labute approximate surface area is 179 Å². The number of nitrogens with zero attached hydrogens (tertiary/aromatic N) is 3. The van der Waals surface area contributed by atoms with E-state index in [9.17, 15) is 0 Å². The zero-order chi connectivity index (χ0) is 18.8. The first-order valence-corrected chi connectivity index (χ1v) is 9.26. The third kappa shape index (κ3) is 8.30. The predicted molar refractivity (Wildman–Crippen MR) is 123 cm³/mol. The number of hydrogen-bond donors (Lipinski definition) is 2. The summed E-state index contributed by atoms with van der Waals surface area (Å²) >= 11 is 0. The molecule has 0 unspecified atom stereocenters. The summed E-state index contributed by atoms with van der Waals surface area (Å²) in [5.74, 6) is 2.32. The van der Waals surface area contributed by atoms with Crippen molar-refractivity contribution in [2.75, 3.05) is 33.4 Å². The Hall–Kier alpha value is -1.61. The van der Waals surface area contributed by atoms with E-state index in [0.717, 1.165) is 36.2 Å². The van der Waals surface area contributed by atoms with Gasteiger partial charge < -0.3 is 19.9 Å². The van der Waals surface area contributed by atoms with Crippen LogP contribution >= 0.6 is 24.0 Å². The molecule has 27 heavy (non-hydrogen) atoms. The number of guanidine groups is 1. The maximum atomic E-state index is 5.60. The van der Waals surface area contributed by atoms with Gasteiger partial charge in [-0.1, -0.05) is 44.2 Å². The molecule has 2 rings (SSSR count). The van der Waals surface area contributed by atoms with E-state index in [1.165, 1.54) is 0 Å². The number of hydrogen-bond acceptors (Lipinski definition) is 3. The third-order valence-corrected chi connectivity index (χ3v) is 3.75. The van der Waals surface area contributed by atoms with Crippen molar-refractivity contribution in [3.05, 3.63) is 42.4 Å². The summed E-state index contributed by atoms with van der Waals surface area (Å²) in [6.45, 7) is 9.90. The zero-order valence-electron chi connectivity index (χ0n) is 16.7. The standard InChI is InChI=1S/C20H31N5O.HI/c1-5-21-20(22-11-12-26-15-16(2)3)25(4)14-19-23-13-18(24-19)17-9-7-6-8-10-17;/h6-10,13,16H,5,11-12,14-15H2,1-4H3,(H,21,22)(H,23,24);1H. The summed E-state index contributed by atoms with van der Waals surface area (Å²) in [5, 5.41) is 3.32. The molecule has 6 nitrogen and oxygen atoms in total. The van der Waals surface area contributed by atoms with Crippen LogP contribution in [0.3, 0.4) is 0 Å². The fraction of sp³-hybridized carbons (Fsp3) is 0.500. The van der Waals surface area contributed by atoms with E-state index < -0.39 is 0 Å². The maximum absolute atomic E-state index is 5.60. The first-order chi connectivity index (χ1) is 12.6. The number of H-pyrrole nitrogens is 1. The largest absolute Gasteiger partial charge is 0.379 e. The Bertz CT molecular complexity index is 672. The number of aliphatic imine (C=N–C) groups is 1. The molecule has 0 amide bonds. The summed E-state index contributed by atoms with van der Waals surface area (Å²) in [7, 11) is 2.02. The van der Waals surface area contributed by atoms with E-state index in [0.29, 0.717) is 25.6 Å². The first kappa shape index (κ1) is 23.4. The minimum atomic E-state index is 0. The molecule has 0 radical (unpaired) electrons. The normalized spacial score (nSPS) is 11.4. The average molecular weight is 485 g/mol. The summed E-state index contributed by atoms with van der Waals surface area (Å²) < 4.78 is 5.60. The highest BCUT2D eigenvalue weighted by molar-refractivity contribution is 14.0. The van der Waals surface area contributed by atoms with Crippen LogP contribution in [0.2, 0.25) is 0 Å².